The Labute approximate surface area is 204 Å². The second-order valence-corrected chi connectivity index (χ2v) is 8.53. The number of ether oxygens (including phenoxy) is 1. The summed E-state index contributed by atoms with van der Waals surface area (Å²) in [5.74, 6) is -4.87. The molecule has 5 N–H and O–H groups in total. The molecule has 11 heteroatoms. The fraction of sp³-hybridized carbons (Fsp3) is 0.240. The van der Waals surface area contributed by atoms with Gasteiger partial charge in [-0.1, -0.05) is 0 Å². The number of esters is 1. The van der Waals surface area contributed by atoms with Gasteiger partial charge in [0.25, 0.3) is 0 Å². The molecule has 0 aliphatic heterocycles. The predicted octanol–water partition coefficient (Wildman–Crippen LogP) is 3.46. The highest BCUT2D eigenvalue weighted by molar-refractivity contribution is 5.92. The number of benzene rings is 2. The van der Waals surface area contributed by atoms with Crippen molar-refractivity contribution in [1.29, 1.82) is 0 Å². The van der Waals surface area contributed by atoms with Crippen LogP contribution in [0, 0.1) is 0 Å². The molecular weight excluding hydrogens is 472 g/mol. The highest BCUT2D eigenvalue weighted by atomic mass is 16.5. The van der Waals surface area contributed by atoms with Crippen molar-refractivity contribution in [1.82, 2.24) is 9.78 Å². The molecule has 0 saturated heterocycles. The minimum Gasteiger partial charge on any atom is -0.507 e. The SMILES string of the molecule is COC(=O)C[C@@H](c1cnn(C(C)C)c1)c1c(O)cc(O)c2c(=O)c(O)c(-c3ccc(O)c(O)c3)oc12. The molecule has 4 rings (SSSR count). The van der Waals surface area contributed by atoms with Crippen LogP contribution in [-0.4, -0.2) is 48.4 Å². The molecule has 4 aromatic rings. The molecule has 188 valence electrons. The van der Waals surface area contributed by atoms with Crippen LogP contribution in [0.1, 0.15) is 43.4 Å². The van der Waals surface area contributed by atoms with Gasteiger partial charge in [-0.2, -0.15) is 5.10 Å². The minimum absolute atomic E-state index is 0.00802. The number of aromatic hydroxyl groups is 5. The minimum atomic E-state index is -1.01. The molecule has 0 fully saturated rings. The predicted molar refractivity (Wildman–Crippen MR) is 127 cm³/mol. The van der Waals surface area contributed by atoms with Crippen LogP contribution in [0.2, 0.25) is 0 Å². The first-order chi connectivity index (χ1) is 17.0. The molecule has 0 saturated carbocycles. The lowest BCUT2D eigenvalue weighted by Crippen LogP contribution is -2.12. The van der Waals surface area contributed by atoms with E-state index in [0.717, 1.165) is 18.2 Å². The molecule has 0 aliphatic rings. The van der Waals surface area contributed by atoms with E-state index < -0.39 is 51.4 Å². The van der Waals surface area contributed by atoms with Gasteiger partial charge in [-0.25, -0.2) is 0 Å². The van der Waals surface area contributed by atoms with Gasteiger partial charge >= 0.3 is 5.97 Å². The highest BCUT2D eigenvalue weighted by Crippen LogP contribution is 2.45. The third-order valence-corrected chi connectivity index (χ3v) is 5.88. The molecular formula is C25H24N2O9. The molecule has 0 unspecified atom stereocenters. The summed E-state index contributed by atoms with van der Waals surface area (Å²) in [4.78, 5) is 25.5. The third kappa shape index (κ3) is 4.15. The van der Waals surface area contributed by atoms with Crippen LogP contribution in [0.5, 0.6) is 28.7 Å². The van der Waals surface area contributed by atoms with E-state index in [4.69, 9.17) is 9.15 Å². The van der Waals surface area contributed by atoms with E-state index in [1.54, 1.807) is 10.9 Å². The molecule has 0 aliphatic carbocycles. The Morgan fingerprint density at radius 2 is 1.78 bits per heavy atom. The van der Waals surface area contributed by atoms with Crippen LogP contribution in [0.25, 0.3) is 22.3 Å². The van der Waals surface area contributed by atoms with Crippen LogP contribution in [0.4, 0.5) is 0 Å². The van der Waals surface area contributed by atoms with Crippen molar-refractivity contribution >= 4 is 16.9 Å². The molecule has 2 aromatic carbocycles. The second kappa shape index (κ2) is 9.17. The number of carbonyl (C=O) groups excluding carboxylic acids is 1. The van der Waals surface area contributed by atoms with Gasteiger partial charge in [0.05, 0.1) is 19.7 Å². The van der Waals surface area contributed by atoms with Crippen LogP contribution in [-0.2, 0) is 9.53 Å². The number of rotatable bonds is 6. The molecule has 36 heavy (non-hydrogen) atoms. The summed E-state index contributed by atoms with van der Waals surface area (Å²) in [6.07, 6.45) is 2.91. The van der Waals surface area contributed by atoms with Crippen molar-refractivity contribution in [3.8, 4) is 40.1 Å². The summed E-state index contributed by atoms with van der Waals surface area (Å²) in [6.45, 7) is 3.81. The fourth-order valence-corrected chi connectivity index (χ4v) is 3.99. The Kier molecular flexibility index (Phi) is 6.23. The van der Waals surface area contributed by atoms with Crippen molar-refractivity contribution < 1.29 is 39.5 Å². The van der Waals surface area contributed by atoms with E-state index in [0.29, 0.717) is 5.56 Å². The van der Waals surface area contributed by atoms with Crippen molar-refractivity contribution in [3.63, 3.8) is 0 Å². The van der Waals surface area contributed by atoms with E-state index in [2.05, 4.69) is 5.10 Å². The Bertz CT molecular complexity index is 1540. The monoisotopic (exact) mass is 496 g/mol. The zero-order chi connectivity index (χ0) is 26.3. The quantitative estimate of drug-likeness (QED) is 0.196. The van der Waals surface area contributed by atoms with Gasteiger partial charge in [0.1, 0.15) is 22.5 Å². The van der Waals surface area contributed by atoms with Crippen molar-refractivity contribution in [2.45, 2.75) is 32.2 Å². The number of phenolic OH excluding ortho intramolecular Hbond substituents is 4. The molecule has 11 nitrogen and oxygen atoms in total. The number of hydrogen-bond donors (Lipinski definition) is 5. The average molecular weight is 496 g/mol. The average Bonchev–Trinajstić information content (AvgIpc) is 3.32. The maximum Gasteiger partial charge on any atom is 0.306 e. The van der Waals surface area contributed by atoms with Crippen molar-refractivity contribution in [2.75, 3.05) is 7.11 Å². The Balaban J connectivity index is 2.06. The summed E-state index contributed by atoms with van der Waals surface area (Å²) in [5.41, 5.74) is -0.780. The topological polar surface area (TPSA) is 175 Å². The zero-order valence-corrected chi connectivity index (χ0v) is 19.6. The van der Waals surface area contributed by atoms with E-state index in [1.807, 2.05) is 13.8 Å². The maximum absolute atomic E-state index is 13.1. The van der Waals surface area contributed by atoms with Crippen LogP contribution < -0.4 is 5.43 Å². The molecule has 0 radical (unpaired) electrons. The summed E-state index contributed by atoms with van der Waals surface area (Å²) in [6, 6.07) is 4.42. The number of nitrogens with zero attached hydrogens (tertiary/aromatic N) is 2. The number of aromatic nitrogens is 2. The smallest absolute Gasteiger partial charge is 0.306 e. The number of methoxy groups -OCH3 is 1. The van der Waals surface area contributed by atoms with Gasteiger partial charge in [0, 0.05) is 35.3 Å². The van der Waals surface area contributed by atoms with Crippen LogP contribution in [0.15, 0.2) is 45.9 Å². The number of carbonyl (C=O) groups is 1. The summed E-state index contributed by atoms with van der Waals surface area (Å²) >= 11 is 0. The first-order valence-corrected chi connectivity index (χ1v) is 10.9. The van der Waals surface area contributed by atoms with Gasteiger partial charge in [-0.3, -0.25) is 14.3 Å². The Morgan fingerprint density at radius 3 is 2.39 bits per heavy atom. The van der Waals surface area contributed by atoms with E-state index in [9.17, 15) is 35.1 Å². The van der Waals surface area contributed by atoms with Crippen LogP contribution in [0.3, 0.4) is 0 Å². The van der Waals surface area contributed by atoms with Gasteiger partial charge in [-0.15, -0.1) is 0 Å². The molecule has 2 heterocycles. The lowest BCUT2D eigenvalue weighted by atomic mass is 9.88. The van der Waals surface area contributed by atoms with E-state index in [1.165, 1.54) is 19.4 Å². The zero-order valence-electron chi connectivity index (χ0n) is 19.6. The van der Waals surface area contributed by atoms with Gasteiger partial charge in [0.2, 0.25) is 11.2 Å². The maximum atomic E-state index is 13.1. The highest BCUT2D eigenvalue weighted by Gasteiger charge is 2.30. The summed E-state index contributed by atoms with van der Waals surface area (Å²) < 4.78 is 12.4. The number of fused-ring (bicyclic) bond motifs is 1. The molecule has 0 bridgehead atoms. The third-order valence-electron chi connectivity index (χ3n) is 5.88. The fourth-order valence-electron chi connectivity index (χ4n) is 3.99. The lowest BCUT2D eigenvalue weighted by Gasteiger charge is -2.19. The Morgan fingerprint density at radius 1 is 1.06 bits per heavy atom. The first kappa shape index (κ1) is 24.5. The lowest BCUT2D eigenvalue weighted by molar-refractivity contribution is -0.140. The molecule has 0 amide bonds. The molecule has 2 aromatic heterocycles. The van der Waals surface area contributed by atoms with Gasteiger partial charge in [-0.05, 0) is 37.6 Å². The largest absolute Gasteiger partial charge is 0.507 e. The second-order valence-electron chi connectivity index (χ2n) is 8.53. The van der Waals surface area contributed by atoms with E-state index in [-0.39, 0.29) is 34.9 Å². The standard InChI is InChI=1S/C25H24N2O9/c1-11(2)27-10-13(9-26-27)14(7-19(32)35-3)20-17(30)8-18(31)21-22(33)23(34)24(36-25(20)21)12-4-5-15(28)16(29)6-12/h4-6,8-11,14,28-31,34H,7H2,1-3H3/t14-/m0/s1. The summed E-state index contributed by atoms with van der Waals surface area (Å²) in [7, 11) is 1.21. The molecule has 1 atom stereocenters. The van der Waals surface area contributed by atoms with Gasteiger partial charge < -0.3 is 34.7 Å². The van der Waals surface area contributed by atoms with Crippen molar-refractivity contribution in [3.05, 3.63) is 58.0 Å². The van der Waals surface area contributed by atoms with Crippen LogP contribution >= 0.6 is 0 Å². The number of hydrogen-bond acceptors (Lipinski definition) is 10. The van der Waals surface area contributed by atoms with Gasteiger partial charge in [0.15, 0.2) is 17.3 Å². The summed E-state index contributed by atoms with van der Waals surface area (Å²) in [5, 5.41) is 55.3. The first-order valence-electron chi connectivity index (χ1n) is 10.9. The number of phenols is 4. The van der Waals surface area contributed by atoms with E-state index >= 15 is 0 Å². The molecule has 0 spiro atoms. The normalized spacial score (nSPS) is 12.2. The Hall–Kier alpha value is -4.67. The van der Waals surface area contributed by atoms with Crippen molar-refractivity contribution in [2.24, 2.45) is 0 Å².